The van der Waals surface area contributed by atoms with Crippen molar-refractivity contribution in [1.82, 2.24) is 35.6 Å². The van der Waals surface area contributed by atoms with Crippen molar-refractivity contribution in [1.29, 1.82) is 0 Å². The number of amides is 7. The predicted octanol–water partition coefficient (Wildman–Crippen LogP) is 4.97. The van der Waals surface area contributed by atoms with Gasteiger partial charge in [0.2, 0.25) is 35.4 Å². The molecule has 4 aliphatic heterocycles. The van der Waals surface area contributed by atoms with Crippen molar-refractivity contribution in [3.05, 3.63) is 108 Å². The molecule has 4 heterocycles. The molecule has 0 spiro atoms. The van der Waals surface area contributed by atoms with E-state index in [-0.39, 0.29) is 37.0 Å². The van der Waals surface area contributed by atoms with Gasteiger partial charge < -0.3 is 40.3 Å². The van der Waals surface area contributed by atoms with Gasteiger partial charge in [0, 0.05) is 58.1 Å². The molecule has 4 bridgehead atoms. The summed E-state index contributed by atoms with van der Waals surface area (Å²) in [5, 5.41) is 10.2. The lowest BCUT2D eigenvalue weighted by Gasteiger charge is -2.38. The first-order valence-corrected chi connectivity index (χ1v) is 29.9. The highest BCUT2D eigenvalue weighted by Crippen LogP contribution is 2.31. The summed E-state index contributed by atoms with van der Waals surface area (Å²) in [6.45, 7) is 12.6. The molecule has 0 aromatic heterocycles. The summed E-state index contributed by atoms with van der Waals surface area (Å²) in [5.74, 6) is -5.21. The summed E-state index contributed by atoms with van der Waals surface area (Å²) in [6.07, 6.45) is 0.540. The number of hydrogen-bond acceptors (Lipinski definition) is 13. The van der Waals surface area contributed by atoms with Gasteiger partial charge in [-0.3, -0.25) is 48.3 Å². The predicted molar refractivity (Wildman–Crippen MR) is 313 cm³/mol. The van der Waals surface area contributed by atoms with Crippen LogP contribution < -0.4 is 16.0 Å². The minimum Gasteiger partial charge on any atom is -0.452 e. The third kappa shape index (κ3) is 14.7. The monoisotopic (exact) mass is 1130 g/mol. The van der Waals surface area contributed by atoms with Gasteiger partial charge in [0.25, 0.3) is 5.91 Å². The fourth-order valence-corrected chi connectivity index (χ4v) is 13.0. The van der Waals surface area contributed by atoms with E-state index in [4.69, 9.17) is 14.7 Å². The third-order valence-corrected chi connectivity index (χ3v) is 18.0. The van der Waals surface area contributed by atoms with Crippen LogP contribution in [0.15, 0.2) is 101 Å². The van der Waals surface area contributed by atoms with Crippen LogP contribution in [-0.2, 0) is 62.4 Å². The van der Waals surface area contributed by atoms with Crippen LogP contribution in [0.25, 0.3) is 0 Å². The zero-order valence-corrected chi connectivity index (χ0v) is 49.3. The molecule has 3 N–H and O–H groups in total. The topological polar surface area (TPSA) is 220 Å². The molecule has 0 saturated carbocycles. The van der Waals surface area contributed by atoms with E-state index >= 15 is 4.79 Å². The van der Waals surface area contributed by atoms with E-state index in [0.717, 1.165) is 11.1 Å². The van der Waals surface area contributed by atoms with Gasteiger partial charge in [0.05, 0.1) is 28.1 Å². The van der Waals surface area contributed by atoms with E-state index in [1.807, 2.05) is 112 Å². The summed E-state index contributed by atoms with van der Waals surface area (Å²) in [5.41, 5.74) is 2.44. The first kappa shape index (κ1) is 61.1. The number of aliphatic imine (C=N–C) groups is 2. The molecule has 4 aliphatic rings. The number of cyclic esters (lactones) is 1. The molecule has 3 aromatic rings. The molecule has 430 valence electrons. The molecule has 7 amide bonds. The minimum atomic E-state index is -1.38. The Morgan fingerprint density at radius 1 is 0.588 bits per heavy atom. The van der Waals surface area contributed by atoms with Crippen molar-refractivity contribution in [2.24, 2.45) is 27.7 Å². The van der Waals surface area contributed by atoms with Gasteiger partial charge in [0.15, 0.2) is 6.10 Å². The molecule has 0 radical (unpaired) electrons. The van der Waals surface area contributed by atoms with Crippen molar-refractivity contribution < 1.29 is 43.1 Å². The van der Waals surface area contributed by atoms with Gasteiger partial charge in [-0.1, -0.05) is 126 Å². The van der Waals surface area contributed by atoms with Gasteiger partial charge in [-0.05, 0) is 68.1 Å². The Labute approximate surface area is 479 Å². The summed E-state index contributed by atoms with van der Waals surface area (Å²) >= 11 is 2.78. The number of fused-ring (bicyclic) bond motifs is 3. The van der Waals surface area contributed by atoms with E-state index in [1.54, 1.807) is 51.6 Å². The first-order valence-electron chi connectivity index (χ1n) is 27.9. The van der Waals surface area contributed by atoms with E-state index < -0.39 is 114 Å². The number of carbonyl (C=O) groups is 8. The van der Waals surface area contributed by atoms with Crippen LogP contribution >= 0.6 is 23.5 Å². The molecule has 11 atom stereocenters. The number of thioether (sulfide) groups is 2. The number of esters is 1. The van der Waals surface area contributed by atoms with Crippen LogP contribution in [0, 0.1) is 17.8 Å². The number of carbonyl (C=O) groups excluding carboxylic acids is 8. The number of benzene rings is 3. The normalized spacial score (nSPS) is 28.5. The van der Waals surface area contributed by atoms with Gasteiger partial charge >= 0.3 is 5.97 Å². The summed E-state index contributed by atoms with van der Waals surface area (Å²) in [7, 11) is 4.78. The maximum absolute atomic E-state index is 15.0. The van der Waals surface area contributed by atoms with Crippen molar-refractivity contribution in [2.45, 2.75) is 147 Å². The molecule has 1 unspecified atom stereocenters. The Morgan fingerprint density at radius 3 is 1.70 bits per heavy atom. The highest BCUT2D eigenvalue weighted by Gasteiger charge is 2.46. The lowest BCUT2D eigenvalue weighted by atomic mass is 9.98. The van der Waals surface area contributed by atoms with Crippen LogP contribution in [0.1, 0.15) is 84.4 Å². The standard InChI is InChI=1S/C60H79N9O9S2/c1-11-42-54-64-44(34-79-54)56(73)66(8)46(30-39-22-15-12-16-23-39)52(71)65-49(35(2)3)53(72)61-38(7)37(6)60(77)78-48(32-41-26-19-14-20-27-41)58(75)68(10)50(36(4)5)59(76)69-29-21-28-45(69)57(74)67(9)47(31-40-24-17-13-18-25-40)55-63-43(33-80-55)51(70)62-42/h12-20,22-27,35-38,42-50H,11,21,28-34H2,1-10H3,(H,61,72)(H,62,70)(H,65,71)/t37-,38-,42-,43+,44?,45+,46-,47-,48+,49+,50+/m1/s1. The van der Waals surface area contributed by atoms with Crippen LogP contribution in [-0.4, -0.2) is 177 Å². The van der Waals surface area contributed by atoms with E-state index in [2.05, 4.69) is 16.0 Å². The number of rotatable bonds is 9. The molecule has 7 rings (SSSR count). The van der Waals surface area contributed by atoms with Crippen molar-refractivity contribution in [3.8, 4) is 0 Å². The number of nitrogens with zero attached hydrogens (tertiary/aromatic N) is 6. The molecule has 3 aromatic carbocycles. The molecule has 1 fully saturated rings. The summed E-state index contributed by atoms with van der Waals surface area (Å²) in [6, 6.07) is 20.4. The van der Waals surface area contributed by atoms with Crippen molar-refractivity contribution >= 4 is 80.9 Å². The van der Waals surface area contributed by atoms with Crippen LogP contribution in [0.3, 0.4) is 0 Å². The maximum atomic E-state index is 15.0. The second-order valence-electron chi connectivity index (χ2n) is 22.1. The highest BCUT2D eigenvalue weighted by molar-refractivity contribution is 8.14. The smallest absolute Gasteiger partial charge is 0.311 e. The average Bonchev–Trinajstić information content (AvgIpc) is 4.27. The molecule has 1 saturated heterocycles. The Bertz CT molecular complexity index is 2770. The number of hydrogen-bond donors (Lipinski definition) is 3. The number of likely N-dealkylation sites (N-methyl/N-ethyl adjacent to an activating group) is 3. The molecular weight excluding hydrogens is 1050 g/mol. The van der Waals surface area contributed by atoms with Gasteiger partial charge in [-0.15, -0.1) is 23.5 Å². The average molecular weight is 1130 g/mol. The summed E-state index contributed by atoms with van der Waals surface area (Å²) < 4.78 is 6.13. The second-order valence-corrected chi connectivity index (χ2v) is 24.2. The molecule has 20 heteroatoms. The van der Waals surface area contributed by atoms with E-state index in [1.165, 1.54) is 40.4 Å². The Balaban J connectivity index is 1.25. The number of nitrogens with one attached hydrogen (secondary N) is 3. The van der Waals surface area contributed by atoms with Crippen LogP contribution in [0.2, 0.25) is 0 Å². The van der Waals surface area contributed by atoms with Crippen molar-refractivity contribution in [3.63, 3.8) is 0 Å². The largest absolute Gasteiger partial charge is 0.452 e. The quantitative estimate of drug-likeness (QED) is 0.243. The van der Waals surface area contributed by atoms with Crippen molar-refractivity contribution in [2.75, 3.05) is 39.2 Å². The fraction of sp³-hybridized carbons (Fsp3) is 0.533. The number of ether oxygens (including phenoxy) is 1. The van der Waals surface area contributed by atoms with E-state index in [0.29, 0.717) is 47.1 Å². The summed E-state index contributed by atoms with van der Waals surface area (Å²) in [4.78, 5) is 133. The first-order chi connectivity index (χ1) is 38.2. The zero-order valence-electron chi connectivity index (χ0n) is 47.7. The molecule has 0 aliphatic carbocycles. The van der Waals surface area contributed by atoms with Gasteiger partial charge in [-0.25, -0.2) is 0 Å². The lowest BCUT2D eigenvalue weighted by Crippen LogP contribution is -2.59. The second kappa shape index (κ2) is 27.8. The van der Waals surface area contributed by atoms with Gasteiger partial charge in [-0.2, -0.15) is 0 Å². The molecular formula is C60H79N9O9S2. The van der Waals surface area contributed by atoms with Crippen LogP contribution in [0.4, 0.5) is 0 Å². The van der Waals surface area contributed by atoms with Crippen LogP contribution in [0.5, 0.6) is 0 Å². The maximum Gasteiger partial charge on any atom is 0.311 e. The molecule has 80 heavy (non-hydrogen) atoms. The third-order valence-electron chi connectivity index (χ3n) is 15.7. The fourth-order valence-electron chi connectivity index (χ4n) is 10.7. The Morgan fingerprint density at radius 2 is 1.12 bits per heavy atom. The zero-order chi connectivity index (χ0) is 57.9. The Hall–Kier alpha value is -6.54. The van der Waals surface area contributed by atoms with E-state index in [9.17, 15) is 33.6 Å². The lowest BCUT2D eigenvalue weighted by molar-refractivity contribution is -0.166. The minimum absolute atomic E-state index is 0.0140. The highest BCUT2D eigenvalue weighted by atomic mass is 32.2. The SMILES string of the molecule is CC[C@H]1NC(=O)[C@@H]2CSC(=N2)[C@@H](Cc2ccccc2)N(C)C(=O)[C@@H]2CCCN2C(=O)[C@H](C(C)C)N(C)C(=O)[C@H](Cc2ccccc2)OC(=O)[C@H](C)[C@@H](C)NC(=O)[C@H](C(C)C)NC(=O)[C@@H](Cc2ccccc2)N(C)C(=O)C2CSC1=N2. The Kier molecular flexibility index (Phi) is 21.2. The van der Waals surface area contributed by atoms with Gasteiger partial charge in [0.1, 0.15) is 36.3 Å². The molecule has 18 nitrogen and oxygen atoms in total.